The van der Waals surface area contributed by atoms with Gasteiger partial charge in [0.25, 0.3) is 0 Å². The number of aromatic nitrogens is 3. The van der Waals surface area contributed by atoms with Gasteiger partial charge in [-0.3, -0.25) is 4.57 Å². The van der Waals surface area contributed by atoms with Crippen LogP contribution in [0.5, 0.6) is 0 Å². The minimum absolute atomic E-state index is 0.224. The highest BCUT2D eigenvalue weighted by Gasteiger charge is 2.13. The van der Waals surface area contributed by atoms with Crippen molar-refractivity contribution in [2.24, 2.45) is 0 Å². The van der Waals surface area contributed by atoms with Gasteiger partial charge in [0.05, 0.1) is 10.2 Å². The summed E-state index contributed by atoms with van der Waals surface area (Å²) in [7, 11) is 0. The Balaban J connectivity index is 2.69. The molecular formula is C10H8BrClFN3. The Kier molecular flexibility index (Phi) is 2.99. The number of nitrogens with zero attached hydrogens (tertiary/aromatic N) is 3. The average Bonchev–Trinajstić information content (AvgIpc) is 2.53. The molecule has 0 atom stereocenters. The second-order valence-corrected chi connectivity index (χ2v) is 4.60. The van der Waals surface area contributed by atoms with Gasteiger partial charge in [0, 0.05) is 0 Å². The first-order valence-electron chi connectivity index (χ1n) is 4.54. The molecule has 0 N–H and O–H groups in total. The quantitative estimate of drug-likeness (QED) is 0.808. The molecule has 0 amide bonds. The minimum Gasteiger partial charge on any atom is -0.270 e. The van der Waals surface area contributed by atoms with Crippen molar-refractivity contribution in [1.29, 1.82) is 0 Å². The molecule has 16 heavy (non-hydrogen) atoms. The summed E-state index contributed by atoms with van der Waals surface area (Å²) in [5.41, 5.74) is 1.53. The van der Waals surface area contributed by atoms with Gasteiger partial charge >= 0.3 is 0 Å². The van der Waals surface area contributed by atoms with Crippen LogP contribution in [0.15, 0.2) is 16.6 Å². The molecule has 0 unspecified atom stereocenters. The van der Waals surface area contributed by atoms with E-state index in [1.807, 2.05) is 6.92 Å². The summed E-state index contributed by atoms with van der Waals surface area (Å²) < 4.78 is 15.5. The van der Waals surface area contributed by atoms with Crippen molar-refractivity contribution >= 4 is 27.5 Å². The Morgan fingerprint density at radius 3 is 2.56 bits per heavy atom. The van der Waals surface area contributed by atoms with E-state index in [0.717, 1.165) is 5.56 Å². The van der Waals surface area contributed by atoms with Crippen LogP contribution in [-0.4, -0.2) is 14.8 Å². The van der Waals surface area contributed by atoms with E-state index in [2.05, 4.69) is 26.1 Å². The van der Waals surface area contributed by atoms with Crippen LogP contribution in [0.1, 0.15) is 11.4 Å². The second kappa shape index (κ2) is 4.14. The molecule has 1 aromatic carbocycles. The van der Waals surface area contributed by atoms with Gasteiger partial charge in [-0.25, -0.2) is 4.39 Å². The minimum atomic E-state index is -0.343. The third kappa shape index (κ3) is 1.85. The fourth-order valence-electron chi connectivity index (χ4n) is 1.49. The molecule has 0 aliphatic carbocycles. The van der Waals surface area contributed by atoms with E-state index < -0.39 is 0 Å². The highest BCUT2D eigenvalue weighted by molar-refractivity contribution is 9.10. The molecule has 1 heterocycles. The number of rotatable bonds is 1. The molecule has 0 radical (unpaired) electrons. The molecular weight excluding hydrogens is 296 g/mol. The number of benzene rings is 1. The summed E-state index contributed by atoms with van der Waals surface area (Å²) in [5, 5.41) is 7.79. The maximum Gasteiger partial charge on any atom is 0.229 e. The summed E-state index contributed by atoms with van der Waals surface area (Å²) in [6.07, 6.45) is 0. The molecule has 2 rings (SSSR count). The van der Waals surface area contributed by atoms with Crippen LogP contribution in [0.3, 0.4) is 0 Å². The van der Waals surface area contributed by atoms with E-state index in [1.165, 1.54) is 6.07 Å². The second-order valence-electron chi connectivity index (χ2n) is 3.40. The molecule has 0 aliphatic heterocycles. The number of hydrogen-bond acceptors (Lipinski definition) is 2. The highest BCUT2D eigenvalue weighted by atomic mass is 79.9. The van der Waals surface area contributed by atoms with E-state index in [0.29, 0.717) is 16.0 Å². The van der Waals surface area contributed by atoms with E-state index in [1.54, 1.807) is 17.6 Å². The lowest BCUT2D eigenvalue weighted by Gasteiger charge is -2.10. The van der Waals surface area contributed by atoms with Crippen molar-refractivity contribution in [3.63, 3.8) is 0 Å². The molecule has 0 fully saturated rings. The monoisotopic (exact) mass is 303 g/mol. The largest absolute Gasteiger partial charge is 0.270 e. The van der Waals surface area contributed by atoms with Crippen molar-refractivity contribution in [3.8, 4) is 5.69 Å². The fraction of sp³-hybridized carbons (Fsp3) is 0.200. The molecule has 0 saturated heterocycles. The first-order valence-corrected chi connectivity index (χ1v) is 5.71. The topological polar surface area (TPSA) is 30.7 Å². The third-order valence-electron chi connectivity index (χ3n) is 2.27. The van der Waals surface area contributed by atoms with Crippen LogP contribution in [-0.2, 0) is 0 Å². The maximum atomic E-state index is 13.5. The fourth-order valence-corrected chi connectivity index (χ4v) is 2.20. The molecule has 6 heteroatoms. The van der Waals surface area contributed by atoms with Crippen LogP contribution in [0.25, 0.3) is 5.69 Å². The normalized spacial score (nSPS) is 10.8. The van der Waals surface area contributed by atoms with Gasteiger partial charge in [-0.15, -0.1) is 10.2 Å². The zero-order chi connectivity index (χ0) is 11.9. The van der Waals surface area contributed by atoms with Gasteiger partial charge in [0.1, 0.15) is 11.6 Å². The molecule has 3 nitrogen and oxygen atoms in total. The number of hydrogen-bond donors (Lipinski definition) is 0. The summed E-state index contributed by atoms with van der Waals surface area (Å²) in [4.78, 5) is 0. The van der Waals surface area contributed by atoms with Gasteiger partial charge in [-0.05, 0) is 59.1 Å². The van der Waals surface area contributed by atoms with Gasteiger partial charge in [-0.2, -0.15) is 0 Å². The predicted molar refractivity (Wildman–Crippen MR) is 63.5 cm³/mol. The van der Waals surface area contributed by atoms with E-state index >= 15 is 0 Å². The average molecular weight is 305 g/mol. The zero-order valence-corrected chi connectivity index (χ0v) is 11.0. The lowest BCUT2D eigenvalue weighted by Crippen LogP contribution is -2.01. The van der Waals surface area contributed by atoms with Gasteiger partial charge in [0.2, 0.25) is 5.28 Å². The SMILES string of the molecule is Cc1cc(Br)c(F)cc1-n1c(C)nnc1Cl. The first-order chi connectivity index (χ1) is 7.50. The summed E-state index contributed by atoms with van der Waals surface area (Å²) >= 11 is 9.03. The van der Waals surface area contributed by atoms with E-state index in [9.17, 15) is 4.39 Å². The highest BCUT2D eigenvalue weighted by Crippen LogP contribution is 2.25. The predicted octanol–water partition coefficient (Wildman–Crippen LogP) is 3.44. The molecule has 0 spiro atoms. The van der Waals surface area contributed by atoms with E-state index in [-0.39, 0.29) is 11.1 Å². The molecule has 0 saturated carbocycles. The summed E-state index contributed by atoms with van der Waals surface area (Å²) in [6.45, 7) is 3.63. The third-order valence-corrected chi connectivity index (χ3v) is 3.12. The lowest BCUT2D eigenvalue weighted by molar-refractivity contribution is 0.619. The van der Waals surface area contributed by atoms with Crippen LogP contribution in [0, 0.1) is 19.7 Å². The molecule has 0 bridgehead atoms. The van der Waals surface area contributed by atoms with Crippen LogP contribution < -0.4 is 0 Å². The van der Waals surface area contributed by atoms with Gasteiger partial charge in [-0.1, -0.05) is 0 Å². The maximum absolute atomic E-state index is 13.5. The lowest BCUT2D eigenvalue weighted by atomic mass is 10.2. The van der Waals surface area contributed by atoms with Crippen LogP contribution >= 0.6 is 27.5 Å². The molecule has 2 aromatic rings. The Morgan fingerprint density at radius 1 is 1.31 bits per heavy atom. The number of aryl methyl sites for hydroxylation is 2. The van der Waals surface area contributed by atoms with Crippen molar-refractivity contribution < 1.29 is 4.39 Å². The Hall–Kier alpha value is -0.940. The Bertz CT molecular complexity index is 534. The number of halogens is 3. The molecule has 0 aliphatic rings. The Morgan fingerprint density at radius 2 is 2.00 bits per heavy atom. The van der Waals surface area contributed by atoms with Crippen molar-refractivity contribution in [2.45, 2.75) is 13.8 Å². The Labute approximate surface area is 105 Å². The summed E-state index contributed by atoms with van der Waals surface area (Å²) in [6, 6.07) is 3.10. The summed E-state index contributed by atoms with van der Waals surface area (Å²) in [5.74, 6) is 0.277. The first kappa shape index (κ1) is 11.5. The standard InChI is InChI=1S/C10H8BrClFN3/c1-5-3-7(11)8(13)4-9(5)16-6(2)14-15-10(16)12/h3-4H,1-2H3. The molecule has 84 valence electrons. The molecule has 1 aromatic heterocycles. The van der Waals surface area contributed by atoms with Crippen molar-refractivity contribution in [3.05, 3.63) is 39.1 Å². The van der Waals surface area contributed by atoms with Crippen molar-refractivity contribution in [1.82, 2.24) is 14.8 Å². The smallest absolute Gasteiger partial charge is 0.229 e. The van der Waals surface area contributed by atoms with Gasteiger partial charge in [0.15, 0.2) is 0 Å². The van der Waals surface area contributed by atoms with Gasteiger partial charge < -0.3 is 0 Å². The van der Waals surface area contributed by atoms with Crippen LogP contribution in [0.4, 0.5) is 4.39 Å². The van der Waals surface area contributed by atoms with Crippen molar-refractivity contribution in [2.75, 3.05) is 0 Å². The van der Waals surface area contributed by atoms with E-state index in [4.69, 9.17) is 11.6 Å². The van der Waals surface area contributed by atoms with Crippen LogP contribution in [0.2, 0.25) is 5.28 Å². The zero-order valence-electron chi connectivity index (χ0n) is 8.63.